The molecule has 2 aromatic rings. The number of hydrogen-bond donors (Lipinski definition) is 2. The van der Waals surface area contributed by atoms with Crippen molar-refractivity contribution >= 4 is 11.6 Å². The Labute approximate surface area is 131 Å². The smallest absolute Gasteiger partial charge is 0.0588 e. The Morgan fingerprint density at radius 3 is 2.48 bits per heavy atom. The van der Waals surface area contributed by atoms with E-state index < -0.39 is 0 Å². The molecule has 2 N–H and O–H groups in total. The highest BCUT2D eigenvalue weighted by molar-refractivity contribution is 6.30. The number of benzene rings is 2. The summed E-state index contributed by atoms with van der Waals surface area (Å²) in [5, 5.41) is 13.9. The lowest BCUT2D eigenvalue weighted by molar-refractivity contribution is 0.229. The summed E-state index contributed by atoms with van der Waals surface area (Å²) in [6.45, 7) is 2.25. The lowest BCUT2D eigenvalue weighted by atomic mass is 10.0. The minimum Gasteiger partial charge on any atom is -0.395 e. The summed E-state index contributed by atoms with van der Waals surface area (Å²) >= 11 is 6.07. The van der Waals surface area contributed by atoms with Crippen LogP contribution in [0.2, 0.25) is 5.02 Å². The second-order valence-corrected chi connectivity index (χ2v) is 5.69. The molecule has 0 aliphatic carbocycles. The molecule has 0 fully saturated rings. The molecule has 0 bridgehead atoms. The molecule has 0 saturated carbocycles. The van der Waals surface area contributed by atoms with Gasteiger partial charge in [0.05, 0.1) is 6.61 Å². The van der Waals surface area contributed by atoms with Gasteiger partial charge in [-0.3, -0.25) is 0 Å². The monoisotopic (exact) mass is 303 g/mol. The second kappa shape index (κ2) is 8.18. The van der Waals surface area contributed by atoms with Crippen molar-refractivity contribution in [3.63, 3.8) is 0 Å². The van der Waals surface area contributed by atoms with Gasteiger partial charge in [-0.1, -0.05) is 61.0 Å². The standard InChI is InChI=1S/C18H22ClNO/c1-2-18(15-9-6-10-16(19)12-15)20-17(13-21)11-14-7-4-3-5-8-14/h3-10,12,17-18,20-21H,2,11,13H2,1H3. The Morgan fingerprint density at radius 1 is 1.10 bits per heavy atom. The fourth-order valence-electron chi connectivity index (χ4n) is 2.53. The first kappa shape index (κ1) is 16.0. The normalized spacial score (nSPS) is 13.9. The van der Waals surface area contributed by atoms with Gasteiger partial charge in [-0.15, -0.1) is 0 Å². The minimum absolute atomic E-state index is 0.0383. The zero-order valence-electron chi connectivity index (χ0n) is 12.3. The van der Waals surface area contributed by atoms with Crippen molar-refractivity contribution < 1.29 is 5.11 Å². The van der Waals surface area contributed by atoms with Crippen LogP contribution in [-0.2, 0) is 6.42 Å². The molecule has 2 unspecified atom stereocenters. The summed E-state index contributed by atoms with van der Waals surface area (Å²) in [5.41, 5.74) is 2.39. The first-order valence-corrected chi connectivity index (χ1v) is 7.77. The lowest BCUT2D eigenvalue weighted by Gasteiger charge is -2.24. The van der Waals surface area contributed by atoms with E-state index in [1.807, 2.05) is 36.4 Å². The largest absolute Gasteiger partial charge is 0.395 e. The third-order valence-corrected chi connectivity index (χ3v) is 3.88. The topological polar surface area (TPSA) is 32.3 Å². The van der Waals surface area contributed by atoms with E-state index in [-0.39, 0.29) is 18.7 Å². The molecule has 0 aliphatic rings. The van der Waals surface area contributed by atoms with Crippen LogP contribution >= 0.6 is 11.6 Å². The van der Waals surface area contributed by atoms with Gasteiger partial charge >= 0.3 is 0 Å². The zero-order chi connectivity index (χ0) is 15.1. The third-order valence-electron chi connectivity index (χ3n) is 3.64. The molecule has 0 aromatic heterocycles. The molecule has 112 valence electrons. The van der Waals surface area contributed by atoms with Crippen LogP contribution in [0.4, 0.5) is 0 Å². The third kappa shape index (κ3) is 4.85. The Kier molecular flexibility index (Phi) is 6.24. The zero-order valence-corrected chi connectivity index (χ0v) is 13.1. The summed E-state index contributed by atoms with van der Waals surface area (Å²) < 4.78 is 0. The summed E-state index contributed by atoms with van der Waals surface area (Å²) in [4.78, 5) is 0. The van der Waals surface area contributed by atoms with Crippen LogP contribution in [0.25, 0.3) is 0 Å². The summed E-state index contributed by atoms with van der Waals surface area (Å²) in [6, 6.07) is 18.4. The molecule has 2 nitrogen and oxygen atoms in total. The molecule has 3 heteroatoms. The molecule has 0 aliphatic heterocycles. The van der Waals surface area contributed by atoms with Crippen molar-refractivity contribution in [3.05, 3.63) is 70.7 Å². The minimum atomic E-state index is 0.0383. The maximum Gasteiger partial charge on any atom is 0.0588 e. The van der Waals surface area contributed by atoms with Gasteiger partial charge in [0.2, 0.25) is 0 Å². The van der Waals surface area contributed by atoms with Crippen LogP contribution in [0.3, 0.4) is 0 Å². The Bertz CT molecular complexity index is 544. The van der Waals surface area contributed by atoms with Gasteiger partial charge in [0.15, 0.2) is 0 Å². The van der Waals surface area contributed by atoms with E-state index in [1.54, 1.807) is 0 Å². The first-order chi connectivity index (χ1) is 10.2. The predicted octanol–water partition coefficient (Wildman–Crippen LogP) is 3.98. The van der Waals surface area contributed by atoms with Crippen molar-refractivity contribution in [2.45, 2.75) is 31.8 Å². The fourth-order valence-corrected chi connectivity index (χ4v) is 2.73. The number of aliphatic hydroxyl groups is 1. The van der Waals surface area contributed by atoms with Crippen molar-refractivity contribution in [2.24, 2.45) is 0 Å². The van der Waals surface area contributed by atoms with Crippen molar-refractivity contribution in [3.8, 4) is 0 Å². The average molecular weight is 304 g/mol. The molecule has 0 radical (unpaired) electrons. The number of nitrogens with one attached hydrogen (secondary N) is 1. The van der Waals surface area contributed by atoms with Crippen LogP contribution in [0.15, 0.2) is 54.6 Å². The number of rotatable bonds is 7. The SMILES string of the molecule is CCC(NC(CO)Cc1ccccc1)c1cccc(Cl)c1. The maximum atomic E-state index is 9.64. The van der Waals surface area contributed by atoms with Crippen LogP contribution in [-0.4, -0.2) is 17.8 Å². The molecule has 0 heterocycles. The van der Waals surface area contributed by atoms with Gasteiger partial charge in [-0.2, -0.15) is 0 Å². The van der Waals surface area contributed by atoms with Crippen LogP contribution < -0.4 is 5.32 Å². The highest BCUT2D eigenvalue weighted by Crippen LogP contribution is 2.21. The summed E-state index contributed by atoms with van der Waals surface area (Å²) in [7, 11) is 0. The highest BCUT2D eigenvalue weighted by Gasteiger charge is 2.15. The second-order valence-electron chi connectivity index (χ2n) is 5.25. The van der Waals surface area contributed by atoms with Gasteiger partial charge in [0, 0.05) is 17.1 Å². The molecule has 0 spiro atoms. The van der Waals surface area contributed by atoms with E-state index in [0.717, 1.165) is 23.4 Å². The van der Waals surface area contributed by atoms with Crippen molar-refractivity contribution in [1.82, 2.24) is 5.32 Å². The first-order valence-electron chi connectivity index (χ1n) is 7.39. The molecule has 2 rings (SSSR count). The Balaban J connectivity index is 2.05. The highest BCUT2D eigenvalue weighted by atomic mass is 35.5. The van der Waals surface area contributed by atoms with E-state index >= 15 is 0 Å². The molecule has 2 atom stereocenters. The molecule has 0 saturated heterocycles. The van der Waals surface area contributed by atoms with Crippen molar-refractivity contribution in [2.75, 3.05) is 6.61 Å². The molecule has 21 heavy (non-hydrogen) atoms. The lowest BCUT2D eigenvalue weighted by Crippen LogP contribution is -2.37. The predicted molar refractivity (Wildman–Crippen MR) is 88.6 cm³/mol. The van der Waals surface area contributed by atoms with E-state index in [1.165, 1.54) is 5.56 Å². The molecular weight excluding hydrogens is 282 g/mol. The Morgan fingerprint density at radius 2 is 1.86 bits per heavy atom. The van der Waals surface area contributed by atoms with Gasteiger partial charge in [0.25, 0.3) is 0 Å². The maximum absolute atomic E-state index is 9.64. The van der Waals surface area contributed by atoms with E-state index in [2.05, 4.69) is 30.4 Å². The van der Waals surface area contributed by atoms with Crippen LogP contribution in [0.1, 0.15) is 30.5 Å². The number of halogens is 1. The van der Waals surface area contributed by atoms with E-state index in [9.17, 15) is 5.11 Å². The molecule has 2 aromatic carbocycles. The van der Waals surface area contributed by atoms with Crippen molar-refractivity contribution in [1.29, 1.82) is 0 Å². The van der Waals surface area contributed by atoms with Gasteiger partial charge < -0.3 is 10.4 Å². The van der Waals surface area contributed by atoms with Crippen LogP contribution in [0, 0.1) is 0 Å². The van der Waals surface area contributed by atoms with Gasteiger partial charge in [-0.05, 0) is 36.1 Å². The molecular formula is C18H22ClNO. The van der Waals surface area contributed by atoms with E-state index in [4.69, 9.17) is 11.6 Å². The molecule has 0 amide bonds. The van der Waals surface area contributed by atoms with Gasteiger partial charge in [-0.25, -0.2) is 0 Å². The number of hydrogen-bond acceptors (Lipinski definition) is 2. The average Bonchev–Trinajstić information content (AvgIpc) is 2.52. The van der Waals surface area contributed by atoms with E-state index in [0.29, 0.717) is 0 Å². The number of aliphatic hydroxyl groups excluding tert-OH is 1. The summed E-state index contributed by atoms with van der Waals surface area (Å²) in [6.07, 6.45) is 1.76. The van der Waals surface area contributed by atoms with Gasteiger partial charge in [0.1, 0.15) is 0 Å². The fraction of sp³-hybridized carbons (Fsp3) is 0.333. The Hall–Kier alpha value is -1.35. The summed E-state index contributed by atoms with van der Waals surface area (Å²) in [5.74, 6) is 0. The van der Waals surface area contributed by atoms with Crippen LogP contribution in [0.5, 0.6) is 0 Å². The quantitative estimate of drug-likeness (QED) is 0.811.